The first-order valence-corrected chi connectivity index (χ1v) is 6.81. The summed E-state index contributed by atoms with van der Waals surface area (Å²) in [5.74, 6) is 1.24. The number of rotatable bonds is 3. The number of Topliss-reactive ketones (excluding diaryl/α,β-unsaturated/α-hetero) is 1. The molecule has 1 aliphatic rings. The number of benzene rings is 1. The van der Waals surface area contributed by atoms with Crippen molar-refractivity contribution in [3.8, 4) is 5.75 Å². The molecule has 0 atom stereocenters. The van der Waals surface area contributed by atoms with Crippen LogP contribution in [0.25, 0.3) is 0 Å². The predicted octanol–water partition coefficient (Wildman–Crippen LogP) is 2.80. The molecule has 3 nitrogen and oxygen atoms in total. The molecule has 1 aromatic rings. The van der Waals surface area contributed by atoms with Gasteiger partial charge in [0.15, 0.2) is 5.78 Å². The molecule has 0 N–H and O–H groups in total. The summed E-state index contributed by atoms with van der Waals surface area (Å²) in [6, 6.07) is 6.19. The van der Waals surface area contributed by atoms with Gasteiger partial charge in [-0.15, -0.1) is 0 Å². The van der Waals surface area contributed by atoms with Crippen LogP contribution in [0.15, 0.2) is 18.2 Å². The Kier molecular flexibility index (Phi) is 3.95. The third-order valence-electron chi connectivity index (χ3n) is 4.00. The van der Waals surface area contributed by atoms with E-state index in [9.17, 15) is 4.79 Å². The van der Waals surface area contributed by atoms with Gasteiger partial charge in [0.05, 0.1) is 13.7 Å². The Balaban J connectivity index is 2.10. The second kappa shape index (κ2) is 5.33. The van der Waals surface area contributed by atoms with Gasteiger partial charge in [0.25, 0.3) is 0 Å². The van der Waals surface area contributed by atoms with Gasteiger partial charge >= 0.3 is 0 Å². The smallest absolute Gasteiger partial charge is 0.152 e. The Morgan fingerprint density at radius 1 is 1.37 bits per heavy atom. The number of methoxy groups -OCH3 is 1. The van der Waals surface area contributed by atoms with Gasteiger partial charge in [-0.25, -0.2) is 0 Å². The normalized spacial score (nSPS) is 19.5. The number of carbonyl (C=O) groups is 1. The minimum absolute atomic E-state index is 0.160. The minimum atomic E-state index is -0.160. The maximum atomic E-state index is 12.1. The van der Waals surface area contributed by atoms with Crippen molar-refractivity contribution in [1.29, 1.82) is 0 Å². The van der Waals surface area contributed by atoms with E-state index in [1.807, 2.05) is 26.0 Å². The zero-order chi connectivity index (χ0) is 14.0. The number of ketones is 1. The van der Waals surface area contributed by atoms with E-state index in [1.54, 1.807) is 7.11 Å². The van der Waals surface area contributed by atoms with Crippen molar-refractivity contribution in [3.05, 3.63) is 29.3 Å². The molecule has 0 amide bonds. The van der Waals surface area contributed by atoms with Crippen molar-refractivity contribution in [1.82, 2.24) is 4.90 Å². The van der Waals surface area contributed by atoms with Crippen LogP contribution in [-0.2, 0) is 11.3 Å². The largest absolute Gasteiger partial charge is 0.496 e. The van der Waals surface area contributed by atoms with Crippen molar-refractivity contribution >= 4 is 5.78 Å². The van der Waals surface area contributed by atoms with Crippen molar-refractivity contribution < 1.29 is 9.53 Å². The van der Waals surface area contributed by atoms with Gasteiger partial charge in [-0.2, -0.15) is 0 Å². The van der Waals surface area contributed by atoms with Crippen LogP contribution in [0.5, 0.6) is 5.75 Å². The van der Waals surface area contributed by atoms with Crippen LogP contribution in [0, 0.1) is 12.3 Å². The molecular weight excluding hydrogens is 238 g/mol. The van der Waals surface area contributed by atoms with E-state index in [0.717, 1.165) is 30.8 Å². The molecule has 3 heteroatoms. The molecule has 2 rings (SSSR count). The fraction of sp³-hybridized carbons (Fsp3) is 0.562. The molecule has 0 spiro atoms. The summed E-state index contributed by atoms with van der Waals surface area (Å²) >= 11 is 0. The number of aryl methyl sites for hydroxylation is 1. The van der Waals surface area contributed by atoms with Gasteiger partial charge in [-0.05, 0) is 26.0 Å². The molecule has 1 heterocycles. The van der Waals surface area contributed by atoms with Crippen LogP contribution in [-0.4, -0.2) is 30.9 Å². The molecule has 0 aromatic heterocycles. The fourth-order valence-electron chi connectivity index (χ4n) is 2.48. The fourth-order valence-corrected chi connectivity index (χ4v) is 2.48. The molecule has 0 unspecified atom stereocenters. The van der Waals surface area contributed by atoms with Crippen molar-refractivity contribution in [3.63, 3.8) is 0 Å². The summed E-state index contributed by atoms with van der Waals surface area (Å²) in [4.78, 5) is 14.3. The second-order valence-corrected chi connectivity index (χ2v) is 6.08. The first-order valence-electron chi connectivity index (χ1n) is 6.81. The number of hydrogen-bond donors (Lipinski definition) is 0. The molecule has 0 radical (unpaired) electrons. The van der Waals surface area contributed by atoms with E-state index in [4.69, 9.17) is 4.74 Å². The van der Waals surface area contributed by atoms with E-state index < -0.39 is 0 Å². The van der Waals surface area contributed by atoms with Crippen LogP contribution >= 0.6 is 0 Å². The Labute approximate surface area is 115 Å². The molecular formula is C16H23NO2. The van der Waals surface area contributed by atoms with Crippen molar-refractivity contribution in [2.75, 3.05) is 20.2 Å². The summed E-state index contributed by atoms with van der Waals surface area (Å²) in [7, 11) is 1.69. The lowest BCUT2D eigenvalue weighted by Crippen LogP contribution is -2.44. The lowest BCUT2D eigenvalue weighted by molar-refractivity contribution is -0.132. The summed E-state index contributed by atoms with van der Waals surface area (Å²) < 4.78 is 5.40. The Morgan fingerprint density at radius 3 is 2.74 bits per heavy atom. The zero-order valence-electron chi connectivity index (χ0n) is 12.3. The van der Waals surface area contributed by atoms with Gasteiger partial charge in [0.2, 0.25) is 0 Å². The van der Waals surface area contributed by atoms with Gasteiger partial charge in [0.1, 0.15) is 5.75 Å². The Hall–Kier alpha value is -1.35. The molecule has 0 saturated carbocycles. The van der Waals surface area contributed by atoms with Crippen LogP contribution in [0.1, 0.15) is 31.4 Å². The molecule has 1 aliphatic heterocycles. The monoisotopic (exact) mass is 261 g/mol. The van der Waals surface area contributed by atoms with E-state index in [1.165, 1.54) is 5.56 Å². The van der Waals surface area contributed by atoms with Crippen molar-refractivity contribution in [2.45, 2.75) is 33.7 Å². The number of ether oxygens (including phenoxy) is 1. The van der Waals surface area contributed by atoms with Gasteiger partial charge in [-0.1, -0.05) is 31.5 Å². The van der Waals surface area contributed by atoms with Crippen molar-refractivity contribution in [2.24, 2.45) is 5.41 Å². The Morgan fingerprint density at radius 2 is 2.11 bits per heavy atom. The topological polar surface area (TPSA) is 29.5 Å². The molecule has 0 bridgehead atoms. The third kappa shape index (κ3) is 3.16. The lowest BCUT2D eigenvalue weighted by Gasteiger charge is -2.35. The summed E-state index contributed by atoms with van der Waals surface area (Å²) in [6.45, 7) is 8.46. The zero-order valence-corrected chi connectivity index (χ0v) is 12.3. The number of carbonyl (C=O) groups excluding carboxylic acids is 1. The number of hydrogen-bond acceptors (Lipinski definition) is 3. The number of nitrogens with zero attached hydrogens (tertiary/aromatic N) is 1. The summed E-state index contributed by atoms with van der Waals surface area (Å²) in [6.07, 6.45) is 0.931. The van der Waals surface area contributed by atoms with Crippen LogP contribution in [0.4, 0.5) is 0 Å². The maximum absolute atomic E-state index is 12.1. The highest BCUT2D eigenvalue weighted by atomic mass is 16.5. The highest BCUT2D eigenvalue weighted by Crippen LogP contribution is 2.29. The SMILES string of the molecule is COc1ccc(C)cc1CN1CCC(C)(C)C(=O)C1. The highest BCUT2D eigenvalue weighted by Gasteiger charge is 2.33. The lowest BCUT2D eigenvalue weighted by atomic mass is 9.81. The van der Waals surface area contributed by atoms with E-state index >= 15 is 0 Å². The molecule has 1 saturated heterocycles. The predicted molar refractivity (Wildman–Crippen MR) is 76.4 cm³/mol. The first-order chi connectivity index (χ1) is 8.92. The number of piperidine rings is 1. The van der Waals surface area contributed by atoms with E-state index in [-0.39, 0.29) is 5.41 Å². The molecule has 104 valence electrons. The molecule has 0 aliphatic carbocycles. The number of likely N-dealkylation sites (tertiary alicyclic amines) is 1. The third-order valence-corrected chi connectivity index (χ3v) is 4.00. The van der Waals surface area contributed by atoms with Crippen LogP contribution in [0.2, 0.25) is 0 Å². The second-order valence-electron chi connectivity index (χ2n) is 6.08. The summed E-state index contributed by atoms with van der Waals surface area (Å²) in [5.41, 5.74) is 2.22. The van der Waals surface area contributed by atoms with E-state index in [0.29, 0.717) is 12.3 Å². The quantitative estimate of drug-likeness (QED) is 0.838. The molecule has 1 fully saturated rings. The highest BCUT2D eigenvalue weighted by molar-refractivity contribution is 5.86. The minimum Gasteiger partial charge on any atom is -0.496 e. The average molecular weight is 261 g/mol. The van der Waals surface area contributed by atoms with Gasteiger partial charge in [-0.3, -0.25) is 9.69 Å². The van der Waals surface area contributed by atoms with Crippen LogP contribution < -0.4 is 4.74 Å². The average Bonchev–Trinajstić information content (AvgIpc) is 2.35. The van der Waals surface area contributed by atoms with Gasteiger partial charge < -0.3 is 4.74 Å². The standard InChI is InChI=1S/C16H23NO2/c1-12-5-6-14(19-4)13(9-12)10-17-8-7-16(2,3)15(18)11-17/h5-6,9H,7-8,10-11H2,1-4H3. The Bertz CT molecular complexity index is 480. The van der Waals surface area contributed by atoms with Crippen LogP contribution in [0.3, 0.4) is 0 Å². The first kappa shape index (κ1) is 14.1. The molecule has 19 heavy (non-hydrogen) atoms. The summed E-state index contributed by atoms with van der Waals surface area (Å²) in [5, 5.41) is 0. The molecule has 1 aromatic carbocycles. The van der Waals surface area contributed by atoms with Gasteiger partial charge in [0, 0.05) is 17.5 Å². The van der Waals surface area contributed by atoms with E-state index in [2.05, 4.69) is 17.9 Å². The maximum Gasteiger partial charge on any atom is 0.152 e.